The first-order chi connectivity index (χ1) is 19.5. The van der Waals surface area contributed by atoms with E-state index in [1.165, 1.54) is 12.5 Å². The molecule has 5 aromatic rings. The van der Waals surface area contributed by atoms with E-state index in [1.807, 2.05) is 42.5 Å². The zero-order valence-electron chi connectivity index (χ0n) is 22.8. The highest BCUT2D eigenvalue weighted by atomic mass is 16.3. The number of likely N-dealkylation sites (tertiary alicyclic amines) is 1. The highest BCUT2D eigenvalue weighted by Crippen LogP contribution is 2.36. The molecule has 1 atom stereocenters. The summed E-state index contributed by atoms with van der Waals surface area (Å²) >= 11 is 0. The van der Waals surface area contributed by atoms with Crippen molar-refractivity contribution in [1.82, 2.24) is 10.2 Å². The Morgan fingerprint density at radius 2 is 1.80 bits per heavy atom. The lowest BCUT2D eigenvalue weighted by Gasteiger charge is -2.36. The van der Waals surface area contributed by atoms with Gasteiger partial charge in [0, 0.05) is 41.5 Å². The van der Waals surface area contributed by atoms with Crippen molar-refractivity contribution in [1.29, 1.82) is 0 Å². The van der Waals surface area contributed by atoms with Crippen LogP contribution in [0.3, 0.4) is 0 Å². The summed E-state index contributed by atoms with van der Waals surface area (Å²) in [7, 11) is 0. The number of furan rings is 2. The number of rotatable bonds is 7. The SMILES string of the molecule is CC(=O)Nc1cccc(C2CCN(C(C)CNC(=O)c3cc4cc(-c5ccoc5)c5ccccc5c4o3)CC2)c1. The molecule has 6 rings (SSSR count). The van der Waals surface area contributed by atoms with Crippen molar-refractivity contribution in [2.24, 2.45) is 0 Å². The molecule has 0 saturated carbocycles. The van der Waals surface area contributed by atoms with Crippen molar-refractivity contribution in [3.8, 4) is 11.1 Å². The summed E-state index contributed by atoms with van der Waals surface area (Å²) in [6.07, 6.45) is 5.47. The number of nitrogens with one attached hydrogen (secondary N) is 2. The molecule has 3 aromatic carbocycles. The summed E-state index contributed by atoms with van der Waals surface area (Å²) in [5.74, 6) is 0.512. The van der Waals surface area contributed by atoms with Gasteiger partial charge in [-0.3, -0.25) is 14.5 Å². The molecule has 1 aliphatic heterocycles. The van der Waals surface area contributed by atoms with Gasteiger partial charge < -0.3 is 19.5 Å². The molecule has 0 radical (unpaired) electrons. The number of amides is 2. The average molecular weight is 536 g/mol. The zero-order chi connectivity index (χ0) is 27.6. The Labute approximate surface area is 233 Å². The molecule has 1 saturated heterocycles. The highest BCUT2D eigenvalue weighted by molar-refractivity contribution is 6.13. The maximum Gasteiger partial charge on any atom is 0.287 e. The Morgan fingerprint density at radius 1 is 1.00 bits per heavy atom. The van der Waals surface area contributed by atoms with Crippen molar-refractivity contribution in [3.05, 3.63) is 90.6 Å². The van der Waals surface area contributed by atoms with Gasteiger partial charge in [-0.15, -0.1) is 0 Å². The predicted octanol–water partition coefficient (Wildman–Crippen LogP) is 6.80. The van der Waals surface area contributed by atoms with Crippen molar-refractivity contribution in [2.45, 2.75) is 38.6 Å². The summed E-state index contributed by atoms with van der Waals surface area (Å²) in [6, 6.07) is 22.2. The van der Waals surface area contributed by atoms with Crippen molar-refractivity contribution in [3.63, 3.8) is 0 Å². The Balaban J connectivity index is 1.10. The van der Waals surface area contributed by atoms with Crippen molar-refractivity contribution >= 4 is 39.2 Å². The van der Waals surface area contributed by atoms with Crippen LogP contribution in [0.25, 0.3) is 32.9 Å². The molecule has 40 heavy (non-hydrogen) atoms. The number of nitrogens with zero attached hydrogens (tertiary/aromatic N) is 1. The molecule has 2 aromatic heterocycles. The first-order valence-electron chi connectivity index (χ1n) is 13.8. The number of benzene rings is 3. The first kappa shape index (κ1) is 25.9. The maximum absolute atomic E-state index is 13.1. The van der Waals surface area contributed by atoms with Gasteiger partial charge in [0.2, 0.25) is 5.91 Å². The standard InChI is InChI=1S/C33H33N3O4/c1-21(36-13-10-23(11-14-36)24-6-5-7-27(16-24)35-22(2)37)19-34-33(38)31-18-26-17-30(25-12-15-39-20-25)28-8-3-4-9-29(28)32(26)40-31/h3-9,12,15-18,20-21,23H,10-11,13-14,19H2,1-2H3,(H,34,38)(H,35,37). The summed E-state index contributed by atoms with van der Waals surface area (Å²) in [5, 5.41) is 8.87. The largest absolute Gasteiger partial charge is 0.472 e. The van der Waals surface area contributed by atoms with Crippen LogP contribution in [-0.4, -0.2) is 42.4 Å². The molecule has 0 aliphatic carbocycles. The van der Waals surface area contributed by atoms with Gasteiger partial charge >= 0.3 is 0 Å². The smallest absolute Gasteiger partial charge is 0.287 e. The van der Waals surface area contributed by atoms with Gasteiger partial charge in [0.15, 0.2) is 5.76 Å². The molecule has 0 bridgehead atoms. The molecule has 2 amide bonds. The third kappa shape index (κ3) is 5.25. The van der Waals surface area contributed by atoms with E-state index in [9.17, 15) is 9.59 Å². The average Bonchev–Trinajstić information content (AvgIpc) is 3.66. The summed E-state index contributed by atoms with van der Waals surface area (Å²) < 4.78 is 11.4. The van der Waals surface area contributed by atoms with Crippen LogP contribution in [0.5, 0.6) is 0 Å². The summed E-state index contributed by atoms with van der Waals surface area (Å²) in [6.45, 7) is 6.14. The molecule has 1 aliphatic rings. The third-order valence-electron chi connectivity index (χ3n) is 7.97. The van der Waals surface area contributed by atoms with E-state index < -0.39 is 0 Å². The minimum atomic E-state index is -0.207. The fourth-order valence-corrected chi connectivity index (χ4v) is 5.84. The van der Waals surface area contributed by atoms with Gasteiger partial charge in [-0.2, -0.15) is 0 Å². The van der Waals surface area contributed by atoms with E-state index in [4.69, 9.17) is 8.83 Å². The third-order valence-corrected chi connectivity index (χ3v) is 7.97. The number of fused-ring (bicyclic) bond motifs is 3. The fraction of sp³-hybridized carbons (Fsp3) is 0.273. The van der Waals surface area contributed by atoms with Crippen LogP contribution >= 0.6 is 0 Å². The normalized spacial score (nSPS) is 15.3. The molecule has 0 spiro atoms. The maximum atomic E-state index is 13.1. The van der Waals surface area contributed by atoms with Crippen LogP contribution in [-0.2, 0) is 4.79 Å². The molecule has 3 heterocycles. The molecule has 1 unspecified atom stereocenters. The first-order valence-corrected chi connectivity index (χ1v) is 13.8. The van der Waals surface area contributed by atoms with E-state index in [1.54, 1.807) is 12.5 Å². The number of piperidine rings is 1. The van der Waals surface area contributed by atoms with Gasteiger partial charge in [0.05, 0.1) is 12.5 Å². The number of anilines is 1. The van der Waals surface area contributed by atoms with E-state index in [2.05, 4.69) is 46.7 Å². The van der Waals surface area contributed by atoms with Crippen molar-refractivity contribution < 1.29 is 18.4 Å². The van der Waals surface area contributed by atoms with Crippen LogP contribution in [0.4, 0.5) is 5.69 Å². The van der Waals surface area contributed by atoms with E-state index >= 15 is 0 Å². The van der Waals surface area contributed by atoms with Gasteiger partial charge in [0.1, 0.15) is 5.58 Å². The Morgan fingerprint density at radius 3 is 2.55 bits per heavy atom. The Kier molecular flexibility index (Phi) is 7.13. The van der Waals surface area contributed by atoms with Crippen molar-refractivity contribution in [2.75, 3.05) is 25.0 Å². The molecule has 7 nitrogen and oxygen atoms in total. The van der Waals surface area contributed by atoms with E-state index in [0.29, 0.717) is 23.8 Å². The molecule has 204 valence electrons. The van der Waals surface area contributed by atoms with Crippen LogP contribution in [0.15, 0.2) is 88.1 Å². The predicted molar refractivity (Wildman–Crippen MR) is 158 cm³/mol. The molecule has 2 N–H and O–H groups in total. The van der Waals surface area contributed by atoms with Crippen LogP contribution in [0, 0.1) is 0 Å². The van der Waals surface area contributed by atoms with Crippen LogP contribution in [0.2, 0.25) is 0 Å². The lowest BCUT2D eigenvalue weighted by atomic mass is 9.88. The second kappa shape index (κ2) is 11.0. The van der Waals surface area contributed by atoms with Crippen LogP contribution in [0.1, 0.15) is 48.7 Å². The lowest BCUT2D eigenvalue weighted by molar-refractivity contribution is -0.114. The zero-order valence-corrected chi connectivity index (χ0v) is 22.8. The quantitative estimate of drug-likeness (QED) is 0.239. The summed E-state index contributed by atoms with van der Waals surface area (Å²) in [4.78, 5) is 27.0. The number of carbonyl (C=O) groups excluding carboxylic acids is 2. The second-order valence-corrected chi connectivity index (χ2v) is 10.7. The Bertz CT molecular complexity index is 1660. The van der Waals surface area contributed by atoms with Gasteiger partial charge in [-0.1, -0.05) is 36.4 Å². The second-order valence-electron chi connectivity index (χ2n) is 10.7. The van der Waals surface area contributed by atoms with Gasteiger partial charge in [-0.05, 0) is 85.6 Å². The van der Waals surface area contributed by atoms with E-state index in [0.717, 1.165) is 58.9 Å². The van der Waals surface area contributed by atoms with Gasteiger partial charge in [-0.25, -0.2) is 0 Å². The summed E-state index contributed by atoms with van der Waals surface area (Å²) in [5.41, 5.74) is 4.86. The number of carbonyl (C=O) groups is 2. The monoisotopic (exact) mass is 535 g/mol. The number of hydrogen-bond donors (Lipinski definition) is 2. The van der Waals surface area contributed by atoms with E-state index in [-0.39, 0.29) is 17.9 Å². The Hall–Kier alpha value is -4.36. The van der Waals surface area contributed by atoms with Crippen LogP contribution < -0.4 is 10.6 Å². The highest BCUT2D eigenvalue weighted by Gasteiger charge is 2.25. The topological polar surface area (TPSA) is 87.7 Å². The molecule has 1 fully saturated rings. The molecular weight excluding hydrogens is 502 g/mol. The molecule has 7 heteroatoms. The number of hydrogen-bond acceptors (Lipinski definition) is 5. The van der Waals surface area contributed by atoms with Gasteiger partial charge in [0.25, 0.3) is 5.91 Å². The minimum Gasteiger partial charge on any atom is -0.472 e. The lowest BCUT2D eigenvalue weighted by Crippen LogP contribution is -2.45. The molecular formula is C33H33N3O4. The fourth-order valence-electron chi connectivity index (χ4n) is 5.84. The minimum absolute atomic E-state index is 0.0576.